The fraction of sp³-hybridized carbons (Fsp3) is 0.517. The number of nitrogens with two attached hydrogens (primary N) is 1. The molecule has 4 heteroatoms. The molecule has 180 valence electrons. The number of methoxy groups -OCH3 is 2. The second-order valence-corrected chi connectivity index (χ2v) is 8.80. The largest absolute Gasteiger partial charge is 0.496 e. The number of benzene rings is 2. The minimum Gasteiger partial charge on any atom is -0.496 e. The van der Waals surface area contributed by atoms with Gasteiger partial charge < -0.3 is 15.2 Å². The molecule has 1 atom stereocenters. The Bertz CT molecular complexity index is 860. The van der Waals surface area contributed by atoms with Crippen LogP contribution in [0, 0.1) is 12.8 Å². The summed E-state index contributed by atoms with van der Waals surface area (Å²) in [6, 6.07) is 12.4. The van der Waals surface area contributed by atoms with Gasteiger partial charge in [0.1, 0.15) is 17.3 Å². The van der Waals surface area contributed by atoms with Gasteiger partial charge in [0.25, 0.3) is 0 Å². The summed E-state index contributed by atoms with van der Waals surface area (Å²) in [5, 5.41) is 0. The molecule has 0 saturated carbocycles. The van der Waals surface area contributed by atoms with Crippen molar-refractivity contribution in [3.05, 3.63) is 65.6 Å². The predicted octanol–water partition coefficient (Wildman–Crippen LogP) is 5.91. The van der Waals surface area contributed by atoms with Crippen LogP contribution in [0.25, 0.3) is 0 Å². The quantitative estimate of drug-likeness (QED) is 0.553. The van der Waals surface area contributed by atoms with Gasteiger partial charge in [-0.25, -0.2) is 0 Å². The molecule has 2 aliphatic rings. The SMILES string of the molecule is CCCCC1CCc2c(cccc2OC)C1.COc1cccc2c1CCC(=O)C2.[CH2+]CCN. The third-order valence-electron chi connectivity index (χ3n) is 6.42. The van der Waals surface area contributed by atoms with Crippen LogP contribution in [0.4, 0.5) is 0 Å². The van der Waals surface area contributed by atoms with Crippen LogP contribution in [0.15, 0.2) is 36.4 Å². The second kappa shape index (κ2) is 14.6. The van der Waals surface area contributed by atoms with Crippen LogP contribution in [0.2, 0.25) is 0 Å². The van der Waals surface area contributed by atoms with Crippen LogP contribution in [0.1, 0.15) is 67.7 Å². The number of rotatable bonds is 6. The summed E-state index contributed by atoms with van der Waals surface area (Å²) in [5.41, 5.74) is 10.3. The van der Waals surface area contributed by atoms with E-state index in [1.807, 2.05) is 18.2 Å². The van der Waals surface area contributed by atoms with E-state index in [0.29, 0.717) is 25.2 Å². The van der Waals surface area contributed by atoms with Crippen LogP contribution in [0.5, 0.6) is 11.5 Å². The summed E-state index contributed by atoms with van der Waals surface area (Å²) in [4.78, 5) is 11.2. The number of carbonyl (C=O) groups is 1. The Balaban J connectivity index is 0.000000204. The molecule has 2 aromatic rings. The molecule has 0 spiro atoms. The number of ketones is 1. The third-order valence-corrected chi connectivity index (χ3v) is 6.42. The summed E-state index contributed by atoms with van der Waals surface area (Å²) in [6.45, 7) is 6.47. The monoisotopic (exact) mass is 452 g/mol. The zero-order valence-electron chi connectivity index (χ0n) is 20.8. The Kier molecular flexibility index (Phi) is 11.9. The smallest absolute Gasteiger partial charge is 0.137 e. The maximum Gasteiger partial charge on any atom is 0.137 e. The highest BCUT2D eigenvalue weighted by Gasteiger charge is 2.20. The number of fused-ring (bicyclic) bond motifs is 2. The summed E-state index contributed by atoms with van der Waals surface area (Å²) < 4.78 is 10.7. The van der Waals surface area contributed by atoms with Gasteiger partial charge in [0, 0.05) is 19.4 Å². The van der Waals surface area contributed by atoms with Crippen molar-refractivity contribution >= 4 is 5.78 Å². The molecule has 4 nitrogen and oxygen atoms in total. The van der Waals surface area contributed by atoms with Crippen LogP contribution >= 0.6 is 0 Å². The fourth-order valence-corrected chi connectivity index (χ4v) is 4.59. The minimum atomic E-state index is 0.334. The fourth-order valence-electron chi connectivity index (χ4n) is 4.59. The lowest BCUT2D eigenvalue weighted by Crippen LogP contribution is -2.15. The van der Waals surface area contributed by atoms with Gasteiger partial charge in [0.05, 0.1) is 27.6 Å². The van der Waals surface area contributed by atoms with E-state index < -0.39 is 0 Å². The highest BCUT2D eigenvalue weighted by atomic mass is 16.5. The topological polar surface area (TPSA) is 61.5 Å². The maximum absolute atomic E-state index is 11.2. The van der Waals surface area contributed by atoms with Crippen molar-refractivity contribution in [2.45, 2.75) is 71.1 Å². The van der Waals surface area contributed by atoms with E-state index in [2.05, 4.69) is 32.0 Å². The van der Waals surface area contributed by atoms with Crippen LogP contribution in [0.3, 0.4) is 0 Å². The summed E-state index contributed by atoms with van der Waals surface area (Å²) in [5.74, 6) is 3.25. The summed E-state index contributed by atoms with van der Waals surface area (Å²) in [7, 11) is 3.45. The van der Waals surface area contributed by atoms with Crippen molar-refractivity contribution in [2.24, 2.45) is 11.7 Å². The Hall–Kier alpha value is -2.46. The zero-order chi connectivity index (χ0) is 24.1. The molecule has 0 saturated heterocycles. The first-order valence-corrected chi connectivity index (χ1v) is 12.4. The van der Waals surface area contributed by atoms with Gasteiger partial charge in [-0.05, 0) is 66.0 Å². The number of Topliss-reactive ketones (excluding diaryl/α,β-unsaturated/α-hetero) is 1. The molecule has 2 N–H and O–H groups in total. The maximum atomic E-state index is 11.2. The predicted molar refractivity (Wildman–Crippen MR) is 137 cm³/mol. The first kappa shape index (κ1) is 26.8. The van der Waals surface area contributed by atoms with Gasteiger partial charge in [-0.15, -0.1) is 0 Å². The highest BCUT2D eigenvalue weighted by Crippen LogP contribution is 2.33. The molecule has 0 aromatic heterocycles. The van der Waals surface area contributed by atoms with Crippen LogP contribution in [-0.2, 0) is 30.5 Å². The van der Waals surface area contributed by atoms with Crippen molar-refractivity contribution in [2.75, 3.05) is 20.8 Å². The third kappa shape index (κ3) is 8.12. The van der Waals surface area contributed by atoms with E-state index in [4.69, 9.17) is 15.2 Å². The molecule has 2 aliphatic carbocycles. The first-order chi connectivity index (χ1) is 16.1. The molecule has 1 unspecified atom stereocenters. The molecule has 4 rings (SSSR count). The van der Waals surface area contributed by atoms with Gasteiger partial charge in [0.15, 0.2) is 0 Å². The molecule has 0 radical (unpaired) electrons. The second-order valence-electron chi connectivity index (χ2n) is 8.80. The standard InChI is InChI=1S/C15H22O.C11H12O2.C3H8N/c1-3-4-6-12-9-10-14-13(11-12)7-5-8-15(14)16-2;1-13-11-4-2-3-8-7-9(12)5-6-10(8)11;1-2-3-4/h5,7-8,12H,3-4,6,9-11H2,1-2H3;2-4H,5-7H2,1H3;1-4H2/q;;+1. The van der Waals surface area contributed by atoms with Gasteiger partial charge in [-0.3, -0.25) is 4.79 Å². The van der Waals surface area contributed by atoms with E-state index in [1.165, 1.54) is 55.2 Å². The number of carbonyl (C=O) groups excluding carboxylic acids is 1. The Labute approximate surface area is 200 Å². The van der Waals surface area contributed by atoms with E-state index in [0.717, 1.165) is 35.8 Å². The lowest BCUT2D eigenvalue weighted by atomic mass is 9.81. The van der Waals surface area contributed by atoms with Crippen molar-refractivity contribution in [3.8, 4) is 11.5 Å². The molecule has 0 heterocycles. The number of unbranched alkanes of at least 4 members (excludes halogenated alkanes) is 1. The molecule has 33 heavy (non-hydrogen) atoms. The van der Waals surface area contributed by atoms with E-state index in [9.17, 15) is 4.79 Å². The lowest BCUT2D eigenvalue weighted by molar-refractivity contribution is -0.118. The molecule has 0 aliphatic heterocycles. The summed E-state index contributed by atoms with van der Waals surface area (Å²) >= 11 is 0. The number of hydrogen-bond donors (Lipinski definition) is 1. The molecule has 0 bridgehead atoms. The van der Waals surface area contributed by atoms with Gasteiger partial charge in [0.2, 0.25) is 0 Å². The minimum absolute atomic E-state index is 0.334. The van der Waals surface area contributed by atoms with E-state index in [-0.39, 0.29) is 0 Å². The first-order valence-electron chi connectivity index (χ1n) is 12.4. The van der Waals surface area contributed by atoms with Gasteiger partial charge in [-0.2, -0.15) is 0 Å². The molecular formula is C29H42NO3+. The average Bonchev–Trinajstić information content (AvgIpc) is 2.86. The van der Waals surface area contributed by atoms with Crippen LogP contribution in [-0.4, -0.2) is 26.5 Å². The Morgan fingerprint density at radius 1 is 0.970 bits per heavy atom. The van der Waals surface area contributed by atoms with Crippen LogP contribution < -0.4 is 15.2 Å². The van der Waals surface area contributed by atoms with Gasteiger partial charge >= 0.3 is 0 Å². The highest BCUT2D eigenvalue weighted by molar-refractivity contribution is 5.83. The Morgan fingerprint density at radius 2 is 1.58 bits per heavy atom. The lowest BCUT2D eigenvalue weighted by Gasteiger charge is -2.25. The Morgan fingerprint density at radius 3 is 2.15 bits per heavy atom. The van der Waals surface area contributed by atoms with Crippen molar-refractivity contribution in [1.82, 2.24) is 0 Å². The molecule has 0 amide bonds. The average molecular weight is 453 g/mol. The number of hydrogen-bond acceptors (Lipinski definition) is 4. The molecule has 2 aromatic carbocycles. The van der Waals surface area contributed by atoms with Crippen molar-refractivity contribution < 1.29 is 14.3 Å². The zero-order valence-corrected chi connectivity index (χ0v) is 20.8. The van der Waals surface area contributed by atoms with Crippen molar-refractivity contribution in [3.63, 3.8) is 0 Å². The number of ether oxygens (including phenoxy) is 2. The van der Waals surface area contributed by atoms with E-state index in [1.54, 1.807) is 14.2 Å². The summed E-state index contributed by atoms with van der Waals surface area (Å²) in [6.07, 6.45) is 10.8. The normalized spacial score (nSPS) is 16.2. The molecule has 0 fully saturated rings. The van der Waals surface area contributed by atoms with Gasteiger partial charge in [-0.1, -0.05) is 50.5 Å². The van der Waals surface area contributed by atoms with Crippen molar-refractivity contribution in [1.29, 1.82) is 0 Å². The van der Waals surface area contributed by atoms with E-state index >= 15 is 0 Å². The molecular weight excluding hydrogens is 410 g/mol.